The summed E-state index contributed by atoms with van der Waals surface area (Å²) < 4.78 is 0. The quantitative estimate of drug-likeness (QED) is 0.682. The maximum Gasteiger partial charge on any atom is 0.261 e. The van der Waals surface area contributed by atoms with Gasteiger partial charge in [-0.1, -0.05) is 30.3 Å². The lowest BCUT2D eigenvalue weighted by atomic mass is 9.89. The van der Waals surface area contributed by atoms with Crippen molar-refractivity contribution in [3.8, 4) is 17.0 Å². The van der Waals surface area contributed by atoms with Crippen molar-refractivity contribution in [3.05, 3.63) is 47.5 Å². The third-order valence-corrected chi connectivity index (χ3v) is 4.82. The van der Waals surface area contributed by atoms with E-state index in [0.717, 1.165) is 47.1 Å². The molecule has 2 aromatic carbocycles. The first-order valence-electron chi connectivity index (χ1n) is 8.60. The maximum absolute atomic E-state index is 11.2. The Kier molecular flexibility index (Phi) is 4.05. The molecule has 3 aromatic rings. The third kappa shape index (κ3) is 2.78. The molecule has 2 N–H and O–H groups in total. The summed E-state index contributed by atoms with van der Waals surface area (Å²) in [6, 6.07) is 12.3. The molecule has 1 aromatic heterocycles. The SMILES string of the molecule is CC(=O)N=Nc1c(O)[nH]c2c3c(c(-c4ccccc4)cc12)CCN(C)C3. The van der Waals surface area contributed by atoms with Gasteiger partial charge in [-0.25, -0.2) is 0 Å². The Bertz CT molecular complexity index is 1020. The van der Waals surface area contributed by atoms with Crippen LogP contribution >= 0.6 is 0 Å². The highest BCUT2D eigenvalue weighted by atomic mass is 16.3. The van der Waals surface area contributed by atoms with Crippen LogP contribution in [0.4, 0.5) is 5.69 Å². The van der Waals surface area contributed by atoms with Gasteiger partial charge in [-0.2, -0.15) is 0 Å². The second kappa shape index (κ2) is 6.38. The molecular weight excluding hydrogens is 328 g/mol. The molecule has 0 radical (unpaired) electrons. The second-order valence-electron chi connectivity index (χ2n) is 6.70. The number of fused-ring (bicyclic) bond motifs is 3. The molecule has 0 spiro atoms. The van der Waals surface area contributed by atoms with Gasteiger partial charge in [-0.3, -0.25) is 4.79 Å². The number of aromatic hydroxyl groups is 1. The zero-order valence-electron chi connectivity index (χ0n) is 14.8. The predicted octanol–water partition coefficient (Wildman–Crippen LogP) is 4.16. The fourth-order valence-electron chi connectivity index (χ4n) is 3.62. The van der Waals surface area contributed by atoms with Gasteiger partial charge in [0, 0.05) is 25.4 Å². The Morgan fingerprint density at radius 3 is 2.73 bits per heavy atom. The van der Waals surface area contributed by atoms with Gasteiger partial charge in [0.2, 0.25) is 5.88 Å². The molecule has 132 valence electrons. The van der Waals surface area contributed by atoms with Crippen LogP contribution in [0.25, 0.3) is 22.0 Å². The molecule has 0 fully saturated rings. The Hall–Kier alpha value is -2.99. The van der Waals surface area contributed by atoms with Crippen molar-refractivity contribution in [2.24, 2.45) is 10.2 Å². The Morgan fingerprint density at radius 2 is 2.00 bits per heavy atom. The molecule has 1 amide bonds. The van der Waals surface area contributed by atoms with E-state index in [1.165, 1.54) is 12.5 Å². The monoisotopic (exact) mass is 348 g/mol. The van der Waals surface area contributed by atoms with Crippen molar-refractivity contribution < 1.29 is 9.90 Å². The minimum Gasteiger partial charge on any atom is -0.493 e. The number of aromatic amines is 1. The highest BCUT2D eigenvalue weighted by Gasteiger charge is 2.24. The van der Waals surface area contributed by atoms with E-state index < -0.39 is 5.91 Å². The lowest BCUT2D eigenvalue weighted by Crippen LogP contribution is -2.27. The number of H-pyrrole nitrogens is 1. The van der Waals surface area contributed by atoms with Gasteiger partial charge in [0.15, 0.2) is 5.69 Å². The van der Waals surface area contributed by atoms with Gasteiger partial charge >= 0.3 is 0 Å². The minimum atomic E-state index is -0.403. The van der Waals surface area contributed by atoms with E-state index in [9.17, 15) is 9.90 Å². The molecule has 1 aliphatic heterocycles. The lowest BCUT2D eigenvalue weighted by Gasteiger charge is -2.27. The smallest absolute Gasteiger partial charge is 0.261 e. The number of azo groups is 1. The minimum absolute atomic E-state index is 0.0642. The van der Waals surface area contributed by atoms with Crippen LogP contribution in [0.5, 0.6) is 5.88 Å². The van der Waals surface area contributed by atoms with E-state index in [1.54, 1.807) is 0 Å². The van der Waals surface area contributed by atoms with Gasteiger partial charge in [0.05, 0.1) is 5.52 Å². The highest BCUT2D eigenvalue weighted by Crippen LogP contribution is 2.43. The number of benzene rings is 2. The van der Waals surface area contributed by atoms with E-state index in [1.807, 2.05) is 24.3 Å². The van der Waals surface area contributed by atoms with E-state index in [2.05, 4.69) is 39.3 Å². The summed E-state index contributed by atoms with van der Waals surface area (Å²) >= 11 is 0. The summed E-state index contributed by atoms with van der Waals surface area (Å²) in [6.45, 7) is 3.11. The molecule has 0 bridgehead atoms. The molecule has 0 aliphatic carbocycles. The predicted molar refractivity (Wildman–Crippen MR) is 101 cm³/mol. The number of hydrogen-bond donors (Lipinski definition) is 2. The van der Waals surface area contributed by atoms with Crippen molar-refractivity contribution in [1.29, 1.82) is 0 Å². The number of hydrogen-bond acceptors (Lipinski definition) is 4. The van der Waals surface area contributed by atoms with E-state index >= 15 is 0 Å². The van der Waals surface area contributed by atoms with Gasteiger partial charge in [0.1, 0.15) is 0 Å². The number of aromatic nitrogens is 1. The third-order valence-electron chi connectivity index (χ3n) is 4.82. The largest absolute Gasteiger partial charge is 0.493 e. The zero-order valence-corrected chi connectivity index (χ0v) is 14.8. The normalized spacial score (nSPS) is 14.8. The van der Waals surface area contributed by atoms with E-state index in [-0.39, 0.29) is 5.88 Å². The zero-order chi connectivity index (χ0) is 18.3. The number of amides is 1. The molecule has 0 unspecified atom stereocenters. The molecular formula is C20H20N4O2. The highest BCUT2D eigenvalue weighted by molar-refractivity contribution is 6.00. The number of nitrogens with one attached hydrogen (secondary N) is 1. The molecule has 6 nitrogen and oxygen atoms in total. The van der Waals surface area contributed by atoms with Crippen LogP contribution in [-0.2, 0) is 17.8 Å². The molecule has 6 heteroatoms. The first-order valence-corrected chi connectivity index (χ1v) is 8.60. The molecule has 4 rings (SSSR count). The van der Waals surface area contributed by atoms with Crippen LogP contribution in [-0.4, -0.2) is 34.5 Å². The Balaban J connectivity index is 2.02. The molecule has 0 saturated heterocycles. The van der Waals surface area contributed by atoms with Gasteiger partial charge in [-0.05, 0) is 41.8 Å². The first kappa shape index (κ1) is 16.5. The van der Waals surface area contributed by atoms with Crippen molar-refractivity contribution in [1.82, 2.24) is 9.88 Å². The number of likely N-dealkylation sites (N-methyl/N-ethyl adjacent to an activating group) is 1. The second-order valence-corrected chi connectivity index (χ2v) is 6.70. The van der Waals surface area contributed by atoms with Gasteiger partial charge in [0.25, 0.3) is 5.91 Å². The summed E-state index contributed by atoms with van der Waals surface area (Å²) in [6.07, 6.45) is 0.941. The number of rotatable bonds is 2. The van der Waals surface area contributed by atoms with Crippen LogP contribution in [0.3, 0.4) is 0 Å². The molecule has 0 saturated carbocycles. The van der Waals surface area contributed by atoms with Crippen LogP contribution < -0.4 is 0 Å². The van der Waals surface area contributed by atoms with Crippen LogP contribution in [0.2, 0.25) is 0 Å². The number of carbonyl (C=O) groups is 1. The van der Waals surface area contributed by atoms with Gasteiger partial charge < -0.3 is 15.0 Å². The first-order chi connectivity index (χ1) is 12.5. The summed E-state index contributed by atoms with van der Waals surface area (Å²) in [4.78, 5) is 16.5. The summed E-state index contributed by atoms with van der Waals surface area (Å²) in [5.74, 6) is -0.467. The van der Waals surface area contributed by atoms with E-state index in [4.69, 9.17) is 0 Å². The number of carbonyl (C=O) groups excluding carboxylic acids is 1. The van der Waals surface area contributed by atoms with Crippen molar-refractivity contribution in [2.45, 2.75) is 19.9 Å². The van der Waals surface area contributed by atoms with Crippen molar-refractivity contribution in [3.63, 3.8) is 0 Å². The summed E-state index contributed by atoms with van der Waals surface area (Å²) in [7, 11) is 2.09. The summed E-state index contributed by atoms with van der Waals surface area (Å²) in [5, 5.41) is 18.7. The maximum atomic E-state index is 11.2. The molecule has 2 heterocycles. The Morgan fingerprint density at radius 1 is 1.23 bits per heavy atom. The molecule has 1 aliphatic rings. The van der Waals surface area contributed by atoms with E-state index in [0.29, 0.717) is 5.69 Å². The average Bonchev–Trinajstić information content (AvgIpc) is 2.95. The molecule has 0 atom stereocenters. The van der Waals surface area contributed by atoms with Crippen molar-refractivity contribution >= 4 is 22.5 Å². The lowest BCUT2D eigenvalue weighted by molar-refractivity contribution is -0.116. The summed E-state index contributed by atoms with van der Waals surface area (Å²) in [5.41, 5.74) is 5.89. The van der Waals surface area contributed by atoms with Gasteiger partial charge in [-0.15, -0.1) is 10.2 Å². The fraction of sp³-hybridized carbons (Fsp3) is 0.250. The number of nitrogens with zero attached hydrogens (tertiary/aromatic N) is 3. The topological polar surface area (TPSA) is 81.0 Å². The Labute approximate surface area is 151 Å². The molecule has 26 heavy (non-hydrogen) atoms. The van der Waals surface area contributed by atoms with Crippen LogP contribution in [0, 0.1) is 0 Å². The standard InChI is InChI=1S/C20H20N4O2/c1-12(25)22-23-19-16-10-15(13-6-4-3-5-7-13)14-8-9-24(2)11-17(14)18(16)21-20(19)26/h3-7,10,21,26H,8-9,11H2,1-2H3. The fourth-order valence-corrected chi connectivity index (χ4v) is 3.62. The van der Waals surface area contributed by atoms with Crippen LogP contribution in [0.15, 0.2) is 46.6 Å². The van der Waals surface area contributed by atoms with Crippen LogP contribution in [0.1, 0.15) is 18.1 Å². The average molecular weight is 348 g/mol. The van der Waals surface area contributed by atoms with Crippen molar-refractivity contribution in [2.75, 3.05) is 13.6 Å².